The van der Waals surface area contributed by atoms with Gasteiger partial charge in [-0.05, 0) is 12.1 Å². The average Bonchev–Trinajstić information content (AvgIpc) is 2.16. The minimum atomic E-state index is -0.951. The Morgan fingerprint density at radius 1 is 1.64 bits per heavy atom. The molecule has 0 fully saturated rings. The minimum Gasteiger partial charge on any atom is -0.506 e. The number of hydrogen-bond acceptors (Lipinski definition) is 4. The molecule has 0 amide bonds. The van der Waals surface area contributed by atoms with Crippen molar-refractivity contribution in [2.75, 3.05) is 7.11 Å². The number of carbonyl (C=O) groups is 1. The Labute approximate surface area is 79.2 Å². The molecule has 72 valence electrons. The number of esters is 1. The van der Waals surface area contributed by atoms with E-state index in [9.17, 15) is 9.18 Å². The Morgan fingerprint density at radius 2 is 2.29 bits per heavy atom. The Balaban J connectivity index is 3.29. The first kappa shape index (κ1) is 9.99. The summed E-state index contributed by atoms with van der Waals surface area (Å²) in [5.41, 5.74) is -0.626. The molecule has 0 aliphatic carbocycles. The molecule has 1 N–H and O–H groups in total. The fourth-order valence-electron chi connectivity index (χ4n) is 0.939. The van der Waals surface area contributed by atoms with Gasteiger partial charge in [-0.1, -0.05) is 0 Å². The molecule has 1 aromatic rings. The van der Waals surface area contributed by atoms with Crippen molar-refractivity contribution < 1.29 is 19.0 Å². The van der Waals surface area contributed by atoms with Gasteiger partial charge < -0.3 is 9.84 Å². The molecule has 0 spiro atoms. The summed E-state index contributed by atoms with van der Waals surface area (Å²) in [4.78, 5) is 10.9. The van der Waals surface area contributed by atoms with Crippen LogP contribution in [0.25, 0.3) is 0 Å². The Bertz CT molecular complexity index is 400. The van der Waals surface area contributed by atoms with Crippen LogP contribution < -0.4 is 0 Å². The molecule has 0 aliphatic rings. The van der Waals surface area contributed by atoms with E-state index in [0.717, 1.165) is 19.2 Å². The van der Waals surface area contributed by atoms with E-state index in [1.165, 1.54) is 6.07 Å². The van der Waals surface area contributed by atoms with Crippen molar-refractivity contribution in [3.8, 4) is 11.8 Å². The molecule has 0 saturated heterocycles. The van der Waals surface area contributed by atoms with Crippen LogP contribution in [0.4, 0.5) is 4.39 Å². The molecule has 4 nitrogen and oxygen atoms in total. The SMILES string of the molecule is COC(=O)c1cc(O)c(C#N)c(F)c1. The molecule has 0 atom stereocenters. The summed E-state index contributed by atoms with van der Waals surface area (Å²) in [5.74, 6) is -2.30. The largest absolute Gasteiger partial charge is 0.506 e. The van der Waals surface area contributed by atoms with Crippen LogP contribution in [-0.2, 0) is 4.74 Å². The highest BCUT2D eigenvalue weighted by molar-refractivity contribution is 5.90. The highest BCUT2D eigenvalue weighted by Gasteiger charge is 2.14. The van der Waals surface area contributed by atoms with E-state index >= 15 is 0 Å². The monoisotopic (exact) mass is 195 g/mol. The van der Waals surface area contributed by atoms with Crippen molar-refractivity contribution in [1.29, 1.82) is 5.26 Å². The molecular weight excluding hydrogens is 189 g/mol. The topological polar surface area (TPSA) is 70.3 Å². The van der Waals surface area contributed by atoms with Gasteiger partial charge >= 0.3 is 5.97 Å². The van der Waals surface area contributed by atoms with E-state index in [1.807, 2.05) is 0 Å². The van der Waals surface area contributed by atoms with Crippen LogP contribution >= 0.6 is 0 Å². The number of carbonyl (C=O) groups excluding carboxylic acids is 1. The molecular formula is C9H6FNO3. The average molecular weight is 195 g/mol. The van der Waals surface area contributed by atoms with Crippen LogP contribution in [0.2, 0.25) is 0 Å². The summed E-state index contributed by atoms with van der Waals surface area (Å²) < 4.78 is 17.3. The van der Waals surface area contributed by atoms with Gasteiger partial charge in [0.2, 0.25) is 0 Å². The summed E-state index contributed by atoms with van der Waals surface area (Å²) in [6.45, 7) is 0. The van der Waals surface area contributed by atoms with Gasteiger partial charge in [-0.2, -0.15) is 5.26 Å². The second kappa shape index (κ2) is 3.75. The molecule has 0 unspecified atom stereocenters. The molecule has 0 heterocycles. The number of hydrogen-bond donors (Lipinski definition) is 1. The van der Waals surface area contributed by atoms with Crippen LogP contribution in [0.3, 0.4) is 0 Å². The Hall–Kier alpha value is -2.09. The number of phenols is 1. The molecule has 0 aliphatic heterocycles. The van der Waals surface area contributed by atoms with E-state index in [1.54, 1.807) is 0 Å². The predicted molar refractivity (Wildman–Crippen MR) is 44.1 cm³/mol. The van der Waals surface area contributed by atoms with E-state index in [2.05, 4.69) is 4.74 Å². The van der Waals surface area contributed by atoms with Crippen molar-refractivity contribution in [2.24, 2.45) is 0 Å². The van der Waals surface area contributed by atoms with E-state index in [4.69, 9.17) is 10.4 Å². The summed E-state index contributed by atoms with van der Waals surface area (Å²) in [7, 11) is 1.13. The van der Waals surface area contributed by atoms with Gasteiger partial charge in [0.15, 0.2) is 0 Å². The number of nitrogens with zero attached hydrogens (tertiary/aromatic N) is 1. The van der Waals surface area contributed by atoms with E-state index in [0.29, 0.717) is 0 Å². The second-order valence-corrected chi connectivity index (χ2v) is 2.46. The second-order valence-electron chi connectivity index (χ2n) is 2.46. The molecule has 5 heteroatoms. The fraction of sp³-hybridized carbons (Fsp3) is 0.111. The number of phenolic OH excluding ortho intramolecular Hbond substituents is 1. The third-order valence-electron chi connectivity index (χ3n) is 1.60. The number of methoxy groups -OCH3 is 1. The van der Waals surface area contributed by atoms with Crippen molar-refractivity contribution in [3.63, 3.8) is 0 Å². The maximum Gasteiger partial charge on any atom is 0.338 e. The van der Waals surface area contributed by atoms with Crippen molar-refractivity contribution in [2.45, 2.75) is 0 Å². The lowest BCUT2D eigenvalue weighted by Gasteiger charge is -2.02. The van der Waals surface area contributed by atoms with Crippen LogP contribution in [-0.4, -0.2) is 18.2 Å². The third kappa shape index (κ3) is 1.64. The quantitative estimate of drug-likeness (QED) is 0.683. The first-order valence-corrected chi connectivity index (χ1v) is 3.61. The zero-order valence-electron chi connectivity index (χ0n) is 7.24. The Morgan fingerprint density at radius 3 is 2.71 bits per heavy atom. The van der Waals surface area contributed by atoms with Crippen LogP contribution in [0.15, 0.2) is 12.1 Å². The highest BCUT2D eigenvalue weighted by Crippen LogP contribution is 2.21. The molecule has 14 heavy (non-hydrogen) atoms. The van der Waals surface area contributed by atoms with Gasteiger partial charge in [0.05, 0.1) is 12.7 Å². The van der Waals surface area contributed by atoms with Crippen molar-refractivity contribution >= 4 is 5.97 Å². The van der Waals surface area contributed by atoms with Gasteiger partial charge in [-0.15, -0.1) is 0 Å². The van der Waals surface area contributed by atoms with Crippen LogP contribution in [0.5, 0.6) is 5.75 Å². The minimum absolute atomic E-state index is 0.137. The number of rotatable bonds is 1. The summed E-state index contributed by atoms with van der Waals surface area (Å²) in [6.07, 6.45) is 0. The molecule has 0 saturated carbocycles. The standard InChI is InChI=1S/C9H6FNO3/c1-14-9(13)5-2-7(10)6(4-11)8(12)3-5/h2-3,12H,1H3. The first-order valence-electron chi connectivity index (χ1n) is 3.61. The number of aromatic hydroxyl groups is 1. The van der Waals surface area contributed by atoms with Gasteiger partial charge in [0.25, 0.3) is 0 Å². The molecule has 0 aromatic heterocycles. The lowest BCUT2D eigenvalue weighted by atomic mass is 10.1. The third-order valence-corrected chi connectivity index (χ3v) is 1.60. The zero-order chi connectivity index (χ0) is 10.7. The number of benzene rings is 1. The van der Waals surface area contributed by atoms with Gasteiger partial charge in [-0.25, -0.2) is 9.18 Å². The Kier molecular flexibility index (Phi) is 2.67. The predicted octanol–water partition coefficient (Wildman–Crippen LogP) is 1.19. The summed E-state index contributed by atoms with van der Waals surface area (Å²) in [6, 6.07) is 3.29. The van der Waals surface area contributed by atoms with Crippen molar-refractivity contribution in [1.82, 2.24) is 0 Å². The van der Waals surface area contributed by atoms with Crippen molar-refractivity contribution in [3.05, 3.63) is 29.1 Å². The number of ether oxygens (including phenoxy) is 1. The normalized spacial score (nSPS) is 9.21. The van der Waals surface area contributed by atoms with E-state index < -0.39 is 23.1 Å². The van der Waals surface area contributed by atoms with Gasteiger partial charge in [0, 0.05) is 0 Å². The maximum absolute atomic E-state index is 13.0. The van der Waals surface area contributed by atoms with Gasteiger partial charge in [0.1, 0.15) is 23.2 Å². The smallest absolute Gasteiger partial charge is 0.338 e. The summed E-state index contributed by atoms with van der Waals surface area (Å²) in [5, 5.41) is 17.6. The zero-order valence-corrected chi connectivity index (χ0v) is 7.24. The highest BCUT2D eigenvalue weighted by atomic mass is 19.1. The van der Waals surface area contributed by atoms with E-state index in [-0.39, 0.29) is 5.56 Å². The molecule has 0 radical (unpaired) electrons. The molecule has 1 rings (SSSR count). The molecule has 0 bridgehead atoms. The fourth-order valence-corrected chi connectivity index (χ4v) is 0.939. The maximum atomic E-state index is 13.0. The lowest BCUT2D eigenvalue weighted by molar-refractivity contribution is 0.0599. The van der Waals surface area contributed by atoms with Crippen LogP contribution in [0, 0.1) is 17.1 Å². The van der Waals surface area contributed by atoms with Crippen LogP contribution in [0.1, 0.15) is 15.9 Å². The molecule has 1 aromatic carbocycles. The number of nitriles is 1. The lowest BCUT2D eigenvalue weighted by Crippen LogP contribution is -2.02. The summed E-state index contributed by atoms with van der Waals surface area (Å²) >= 11 is 0. The number of halogens is 1. The van der Waals surface area contributed by atoms with Gasteiger partial charge in [-0.3, -0.25) is 0 Å². The first-order chi connectivity index (χ1) is 6.60.